The Hall–Kier alpha value is -1.79. The number of benzene rings is 1. The Bertz CT molecular complexity index is 564. The number of fused-ring (bicyclic) bond motifs is 1. The molecule has 2 unspecified atom stereocenters. The normalized spacial score (nSPS) is 22.2. The number of carbonyl (C=O) groups excluding carboxylic acids is 1. The maximum absolute atomic E-state index is 12.4. The summed E-state index contributed by atoms with van der Waals surface area (Å²) in [6.45, 7) is 7.92. The van der Waals surface area contributed by atoms with E-state index in [4.69, 9.17) is 9.47 Å². The number of methoxy groups -OCH3 is 1. The van der Waals surface area contributed by atoms with E-state index in [9.17, 15) is 4.79 Å². The average molecular weight is 347 g/mol. The highest BCUT2D eigenvalue weighted by Gasteiger charge is 2.31. The lowest BCUT2D eigenvalue weighted by Gasteiger charge is -2.43. The monoisotopic (exact) mass is 347 g/mol. The summed E-state index contributed by atoms with van der Waals surface area (Å²) >= 11 is 0. The molecule has 2 amide bonds. The molecule has 138 valence electrons. The molecule has 6 heteroatoms. The molecule has 0 radical (unpaired) electrons. The van der Waals surface area contributed by atoms with Crippen LogP contribution in [-0.4, -0.2) is 74.9 Å². The van der Waals surface area contributed by atoms with Crippen molar-refractivity contribution in [1.82, 2.24) is 15.1 Å². The van der Waals surface area contributed by atoms with Crippen molar-refractivity contribution in [1.29, 1.82) is 0 Å². The van der Waals surface area contributed by atoms with Gasteiger partial charge in [-0.25, -0.2) is 4.79 Å². The van der Waals surface area contributed by atoms with Gasteiger partial charge in [0.25, 0.3) is 0 Å². The van der Waals surface area contributed by atoms with E-state index >= 15 is 0 Å². The molecule has 25 heavy (non-hydrogen) atoms. The lowest BCUT2D eigenvalue weighted by molar-refractivity contribution is -0.0364. The van der Waals surface area contributed by atoms with Crippen LogP contribution in [0.3, 0.4) is 0 Å². The number of nitrogens with zero attached hydrogens (tertiary/aromatic N) is 2. The van der Waals surface area contributed by atoms with Crippen LogP contribution in [0.15, 0.2) is 24.3 Å². The zero-order valence-electron chi connectivity index (χ0n) is 15.2. The van der Waals surface area contributed by atoms with Crippen LogP contribution in [-0.2, 0) is 4.74 Å². The molecule has 0 spiro atoms. The quantitative estimate of drug-likeness (QED) is 0.884. The first kappa shape index (κ1) is 18.0. The summed E-state index contributed by atoms with van der Waals surface area (Å²) in [5.41, 5.74) is 1.27. The van der Waals surface area contributed by atoms with Crippen molar-refractivity contribution < 1.29 is 14.3 Å². The predicted octanol–water partition coefficient (Wildman–Crippen LogP) is 1.91. The number of carbonyl (C=O) groups is 1. The molecule has 1 aromatic carbocycles. The number of amides is 2. The Morgan fingerprint density at radius 1 is 1.32 bits per heavy atom. The van der Waals surface area contributed by atoms with E-state index in [0.717, 1.165) is 51.6 Å². The lowest BCUT2D eigenvalue weighted by atomic mass is 9.98. The van der Waals surface area contributed by atoms with Gasteiger partial charge >= 0.3 is 6.03 Å². The summed E-state index contributed by atoms with van der Waals surface area (Å²) in [6, 6.07) is 8.55. The van der Waals surface area contributed by atoms with Crippen molar-refractivity contribution in [2.45, 2.75) is 25.3 Å². The van der Waals surface area contributed by atoms with E-state index in [2.05, 4.69) is 29.3 Å². The van der Waals surface area contributed by atoms with Gasteiger partial charge in [0.15, 0.2) is 0 Å². The Labute approximate surface area is 150 Å². The standard InChI is InChI=1S/C19H29N3O3/c1-15(16-3-5-18(24-2)6-4-16)7-8-20-19(23)22-10-9-21-11-12-25-14-17(21)13-22/h3-6,15,17H,7-14H2,1-2H3,(H,20,23). The largest absolute Gasteiger partial charge is 0.497 e. The Morgan fingerprint density at radius 3 is 2.88 bits per heavy atom. The van der Waals surface area contributed by atoms with Crippen LogP contribution in [0.5, 0.6) is 5.75 Å². The highest BCUT2D eigenvalue weighted by molar-refractivity contribution is 5.74. The van der Waals surface area contributed by atoms with Gasteiger partial charge < -0.3 is 19.7 Å². The second-order valence-electron chi connectivity index (χ2n) is 6.91. The van der Waals surface area contributed by atoms with Crippen LogP contribution >= 0.6 is 0 Å². The zero-order valence-corrected chi connectivity index (χ0v) is 15.2. The van der Waals surface area contributed by atoms with Gasteiger partial charge in [-0.05, 0) is 30.0 Å². The summed E-state index contributed by atoms with van der Waals surface area (Å²) in [7, 11) is 1.67. The molecule has 1 N–H and O–H groups in total. The predicted molar refractivity (Wildman–Crippen MR) is 97.2 cm³/mol. The third-order valence-corrected chi connectivity index (χ3v) is 5.26. The average Bonchev–Trinajstić information content (AvgIpc) is 2.67. The highest BCUT2D eigenvalue weighted by Crippen LogP contribution is 2.21. The highest BCUT2D eigenvalue weighted by atomic mass is 16.5. The molecule has 6 nitrogen and oxygen atoms in total. The van der Waals surface area contributed by atoms with Crippen molar-refractivity contribution >= 4 is 6.03 Å². The molecule has 3 rings (SSSR count). The Morgan fingerprint density at radius 2 is 2.12 bits per heavy atom. The third kappa shape index (κ3) is 4.64. The Kier molecular flexibility index (Phi) is 6.15. The van der Waals surface area contributed by atoms with Crippen molar-refractivity contribution in [3.63, 3.8) is 0 Å². The molecule has 2 heterocycles. The molecule has 2 saturated heterocycles. The first-order chi connectivity index (χ1) is 12.2. The molecule has 0 saturated carbocycles. The van der Waals surface area contributed by atoms with E-state index in [1.165, 1.54) is 5.56 Å². The molecule has 2 atom stereocenters. The lowest BCUT2D eigenvalue weighted by Crippen LogP contribution is -2.60. The maximum atomic E-state index is 12.4. The molecule has 0 aliphatic carbocycles. The molecular formula is C19H29N3O3. The molecular weight excluding hydrogens is 318 g/mol. The van der Waals surface area contributed by atoms with Gasteiger partial charge in [0.1, 0.15) is 5.75 Å². The minimum Gasteiger partial charge on any atom is -0.497 e. The second kappa shape index (κ2) is 8.54. The number of hydrogen-bond donors (Lipinski definition) is 1. The summed E-state index contributed by atoms with van der Waals surface area (Å²) in [4.78, 5) is 16.8. The number of urea groups is 1. The minimum absolute atomic E-state index is 0.0483. The summed E-state index contributed by atoms with van der Waals surface area (Å²) in [5.74, 6) is 1.27. The van der Waals surface area contributed by atoms with Gasteiger partial charge in [0, 0.05) is 32.7 Å². The molecule has 2 fully saturated rings. The smallest absolute Gasteiger partial charge is 0.317 e. The van der Waals surface area contributed by atoms with Crippen LogP contribution in [0.25, 0.3) is 0 Å². The van der Waals surface area contributed by atoms with Gasteiger partial charge in [0.05, 0.1) is 26.4 Å². The third-order valence-electron chi connectivity index (χ3n) is 5.26. The van der Waals surface area contributed by atoms with Crippen LogP contribution in [0, 0.1) is 0 Å². The second-order valence-corrected chi connectivity index (χ2v) is 6.91. The van der Waals surface area contributed by atoms with Crippen LogP contribution in [0.2, 0.25) is 0 Å². The molecule has 0 aromatic heterocycles. The van der Waals surface area contributed by atoms with E-state index in [0.29, 0.717) is 18.5 Å². The molecule has 2 aliphatic heterocycles. The van der Waals surface area contributed by atoms with Crippen LogP contribution < -0.4 is 10.1 Å². The number of hydrogen-bond acceptors (Lipinski definition) is 4. The van der Waals surface area contributed by atoms with E-state index in [1.54, 1.807) is 7.11 Å². The topological polar surface area (TPSA) is 54.0 Å². The number of nitrogens with one attached hydrogen (secondary N) is 1. The van der Waals surface area contributed by atoms with Gasteiger partial charge in [-0.15, -0.1) is 0 Å². The summed E-state index contributed by atoms with van der Waals surface area (Å²) < 4.78 is 10.7. The van der Waals surface area contributed by atoms with Gasteiger partial charge in [-0.2, -0.15) is 0 Å². The van der Waals surface area contributed by atoms with Crippen LogP contribution in [0.1, 0.15) is 24.8 Å². The number of ether oxygens (including phenoxy) is 2. The van der Waals surface area contributed by atoms with Crippen molar-refractivity contribution in [2.75, 3.05) is 53.0 Å². The van der Waals surface area contributed by atoms with E-state index < -0.39 is 0 Å². The fourth-order valence-corrected chi connectivity index (χ4v) is 3.54. The van der Waals surface area contributed by atoms with Crippen LogP contribution in [0.4, 0.5) is 4.79 Å². The first-order valence-electron chi connectivity index (χ1n) is 9.16. The molecule has 2 aliphatic rings. The van der Waals surface area contributed by atoms with Crippen molar-refractivity contribution in [3.8, 4) is 5.75 Å². The number of rotatable bonds is 5. The van der Waals surface area contributed by atoms with Crippen molar-refractivity contribution in [2.24, 2.45) is 0 Å². The minimum atomic E-state index is 0.0483. The molecule has 1 aromatic rings. The fourth-order valence-electron chi connectivity index (χ4n) is 3.54. The van der Waals surface area contributed by atoms with Gasteiger partial charge in [-0.3, -0.25) is 4.90 Å². The SMILES string of the molecule is COc1ccc(C(C)CCNC(=O)N2CCN3CCOCC3C2)cc1. The fraction of sp³-hybridized carbons (Fsp3) is 0.632. The maximum Gasteiger partial charge on any atom is 0.317 e. The van der Waals surface area contributed by atoms with Gasteiger partial charge in [-0.1, -0.05) is 19.1 Å². The van der Waals surface area contributed by atoms with E-state index in [1.807, 2.05) is 17.0 Å². The number of morpholine rings is 1. The van der Waals surface area contributed by atoms with Crippen molar-refractivity contribution in [3.05, 3.63) is 29.8 Å². The molecule has 0 bridgehead atoms. The summed E-state index contributed by atoms with van der Waals surface area (Å²) in [6.07, 6.45) is 0.921. The van der Waals surface area contributed by atoms with Gasteiger partial charge in [0.2, 0.25) is 0 Å². The first-order valence-corrected chi connectivity index (χ1v) is 9.16. The number of piperazine rings is 1. The Balaban J connectivity index is 1.41. The summed E-state index contributed by atoms with van der Waals surface area (Å²) in [5, 5.41) is 3.07. The zero-order chi connectivity index (χ0) is 17.6. The van der Waals surface area contributed by atoms with E-state index in [-0.39, 0.29) is 6.03 Å².